The Morgan fingerprint density at radius 3 is 2.68 bits per heavy atom. The molecule has 0 saturated heterocycles. The van der Waals surface area contributed by atoms with Crippen LogP contribution in [0.1, 0.15) is 16.7 Å². The molecule has 0 fully saturated rings. The Morgan fingerprint density at radius 2 is 1.84 bits per heavy atom. The molecular weight excluding hydrogens is 312 g/mol. The maximum atomic E-state index is 12.6. The average Bonchev–Trinajstić information content (AvgIpc) is 3.05. The van der Waals surface area contributed by atoms with Crippen LogP contribution in [0, 0.1) is 6.92 Å². The summed E-state index contributed by atoms with van der Waals surface area (Å²) in [6.45, 7) is 3.17. The van der Waals surface area contributed by atoms with Crippen LogP contribution < -0.4 is 5.56 Å². The van der Waals surface area contributed by atoms with Crippen molar-refractivity contribution in [1.82, 2.24) is 19.3 Å². The van der Waals surface area contributed by atoms with E-state index >= 15 is 0 Å². The topological polar surface area (TPSA) is 52.7 Å². The smallest absolute Gasteiger partial charge is 0.261 e. The van der Waals surface area contributed by atoms with Gasteiger partial charge in [0.15, 0.2) is 0 Å². The van der Waals surface area contributed by atoms with Crippen molar-refractivity contribution < 1.29 is 0 Å². The van der Waals surface area contributed by atoms with Crippen molar-refractivity contribution in [3.8, 4) is 0 Å². The number of fused-ring (bicyclic) bond motifs is 1. The summed E-state index contributed by atoms with van der Waals surface area (Å²) in [5.41, 5.74) is 3.98. The monoisotopic (exact) mass is 330 g/mol. The van der Waals surface area contributed by atoms with Crippen LogP contribution in [0.4, 0.5) is 0 Å². The van der Waals surface area contributed by atoms with Gasteiger partial charge in [0.2, 0.25) is 0 Å². The van der Waals surface area contributed by atoms with Crippen LogP contribution in [0.5, 0.6) is 0 Å². The van der Waals surface area contributed by atoms with Gasteiger partial charge in [0.1, 0.15) is 0 Å². The molecule has 0 spiro atoms. The van der Waals surface area contributed by atoms with Gasteiger partial charge in [-0.3, -0.25) is 14.0 Å². The van der Waals surface area contributed by atoms with Crippen LogP contribution in [0.15, 0.2) is 72.0 Å². The Kier molecular flexibility index (Phi) is 3.90. The first-order chi connectivity index (χ1) is 12.2. The highest BCUT2D eigenvalue weighted by Gasteiger charge is 2.06. The van der Waals surface area contributed by atoms with Crippen molar-refractivity contribution in [1.29, 1.82) is 0 Å². The lowest BCUT2D eigenvalue weighted by molar-refractivity contribution is 0.684. The van der Waals surface area contributed by atoms with Gasteiger partial charge in [-0.25, -0.2) is 4.98 Å². The summed E-state index contributed by atoms with van der Waals surface area (Å²) in [4.78, 5) is 17.0. The van der Waals surface area contributed by atoms with E-state index in [-0.39, 0.29) is 5.56 Å². The summed E-state index contributed by atoms with van der Waals surface area (Å²) < 4.78 is 3.51. The Bertz CT molecular complexity index is 1080. The molecule has 2 aromatic carbocycles. The molecule has 0 aliphatic carbocycles. The number of nitrogens with zero attached hydrogens (tertiary/aromatic N) is 4. The molecule has 0 unspecified atom stereocenters. The molecule has 2 heterocycles. The Balaban J connectivity index is 1.58. The minimum atomic E-state index is -0.0270. The van der Waals surface area contributed by atoms with Crippen LogP contribution >= 0.6 is 0 Å². The summed E-state index contributed by atoms with van der Waals surface area (Å²) in [6, 6.07) is 15.9. The van der Waals surface area contributed by atoms with E-state index in [2.05, 4.69) is 22.2 Å². The van der Waals surface area contributed by atoms with E-state index in [0.29, 0.717) is 18.5 Å². The zero-order valence-corrected chi connectivity index (χ0v) is 14.0. The molecule has 25 heavy (non-hydrogen) atoms. The first-order valence-corrected chi connectivity index (χ1v) is 8.20. The van der Waals surface area contributed by atoms with Crippen LogP contribution in [-0.2, 0) is 13.1 Å². The maximum Gasteiger partial charge on any atom is 0.261 e. The van der Waals surface area contributed by atoms with Crippen LogP contribution in [0.25, 0.3) is 10.9 Å². The fourth-order valence-electron chi connectivity index (χ4n) is 2.92. The third kappa shape index (κ3) is 3.21. The molecule has 4 rings (SSSR count). The second-order valence-electron chi connectivity index (χ2n) is 6.23. The molecule has 2 aromatic heterocycles. The second-order valence-corrected chi connectivity index (χ2v) is 6.23. The molecule has 5 heteroatoms. The number of aryl methyl sites for hydroxylation is 1. The highest BCUT2D eigenvalue weighted by atomic mass is 16.1. The predicted octanol–water partition coefficient (Wildman–Crippen LogP) is 3.00. The highest BCUT2D eigenvalue weighted by molar-refractivity contribution is 5.77. The molecule has 5 nitrogen and oxygen atoms in total. The third-order valence-corrected chi connectivity index (χ3v) is 4.21. The molecule has 124 valence electrons. The van der Waals surface area contributed by atoms with E-state index in [1.807, 2.05) is 54.2 Å². The SMILES string of the molecule is Cc1ccc2c(=O)n(Cc3cnn(Cc4ccccc4)c3)cnc2c1. The molecular formula is C20H18N4O. The Labute approximate surface area is 145 Å². The molecule has 4 aromatic rings. The minimum absolute atomic E-state index is 0.0270. The summed E-state index contributed by atoms with van der Waals surface area (Å²) in [6.07, 6.45) is 5.38. The maximum absolute atomic E-state index is 12.6. The van der Waals surface area contributed by atoms with Crippen LogP contribution in [-0.4, -0.2) is 19.3 Å². The lowest BCUT2D eigenvalue weighted by Gasteiger charge is -2.05. The van der Waals surface area contributed by atoms with Gasteiger partial charge in [-0.15, -0.1) is 0 Å². The first-order valence-electron chi connectivity index (χ1n) is 8.20. The van der Waals surface area contributed by atoms with E-state index in [9.17, 15) is 4.79 Å². The molecule has 0 radical (unpaired) electrons. The molecule has 0 aliphatic rings. The van der Waals surface area contributed by atoms with E-state index in [0.717, 1.165) is 16.6 Å². The number of rotatable bonds is 4. The first kappa shape index (κ1) is 15.3. The van der Waals surface area contributed by atoms with E-state index < -0.39 is 0 Å². The number of aromatic nitrogens is 4. The molecule has 0 amide bonds. The van der Waals surface area contributed by atoms with Gasteiger partial charge in [-0.05, 0) is 30.2 Å². The zero-order valence-electron chi connectivity index (χ0n) is 14.0. The average molecular weight is 330 g/mol. The lowest BCUT2D eigenvalue weighted by atomic mass is 10.2. The molecule has 0 bridgehead atoms. The highest BCUT2D eigenvalue weighted by Crippen LogP contribution is 2.10. The van der Waals surface area contributed by atoms with E-state index in [1.54, 1.807) is 17.1 Å². The third-order valence-electron chi connectivity index (χ3n) is 4.21. The second kappa shape index (κ2) is 6.36. The van der Waals surface area contributed by atoms with Crippen molar-refractivity contribution in [2.24, 2.45) is 0 Å². The summed E-state index contributed by atoms with van der Waals surface area (Å²) >= 11 is 0. The molecule has 0 saturated carbocycles. The van der Waals surface area contributed by atoms with Gasteiger partial charge in [0.25, 0.3) is 5.56 Å². The number of hydrogen-bond donors (Lipinski definition) is 0. The van der Waals surface area contributed by atoms with Gasteiger partial charge in [-0.1, -0.05) is 36.4 Å². The molecule has 0 N–H and O–H groups in total. The minimum Gasteiger partial charge on any atom is -0.294 e. The quantitative estimate of drug-likeness (QED) is 0.578. The van der Waals surface area contributed by atoms with E-state index in [4.69, 9.17) is 0 Å². The lowest BCUT2D eigenvalue weighted by Crippen LogP contribution is -2.21. The normalized spacial score (nSPS) is 11.1. The van der Waals surface area contributed by atoms with E-state index in [1.165, 1.54) is 5.56 Å². The van der Waals surface area contributed by atoms with Crippen LogP contribution in [0.3, 0.4) is 0 Å². The van der Waals surface area contributed by atoms with Crippen LogP contribution in [0.2, 0.25) is 0 Å². The Morgan fingerprint density at radius 1 is 1.00 bits per heavy atom. The molecule has 0 aliphatic heterocycles. The van der Waals surface area contributed by atoms with Crippen molar-refractivity contribution in [3.05, 3.63) is 94.3 Å². The van der Waals surface area contributed by atoms with Gasteiger partial charge in [0.05, 0.1) is 36.5 Å². The van der Waals surface area contributed by atoms with Crippen molar-refractivity contribution in [2.45, 2.75) is 20.0 Å². The van der Waals surface area contributed by atoms with Crippen molar-refractivity contribution in [3.63, 3.8) is 0 Å². The van der Waals surface area contributed by atoms with Crippen molar-refractivity contribution >= 4 is 10.9 Å². The summed E-state index contributed by atoms with van der Waals surface area (Å²) in [7, 11) is 0. The largest absolute Gasteiger partial charge is 0.294 e. The standard InChI is InChI=1S/C20H18N4O/c1-15-7-8-18-19(9-15)21-14-23(20(18)25)11-17-10-22-24(13-17)12-16-5-3-2-4-6-16/h2-10,13-14H,11-12H2,1H3. The van der Waals surface area contributed by atoms with Crippen molar-refractivity contribution in [2.75, 3.05) is 0 Å². The fourth-order valence-corrected chi connectivity index (χ4v) is 2.92. The number of benzene rings is 2. The fraction of sp³-hybridized carbons (Fsp3) is 0.150. The summed E-state index contributed by atoms with van der Waals surface area (Å²) in [5.74, 6) is 0. The zero-order chi connectivity index (χ0) is 17.2. The number of hydrogen-bond acceptors (Lipinski definition) is 3. The van der Waals surface area contributed by atoms with Gasteiger partial charge >= 0.3 is 0 Å². The Hall–Kier alpha value is -3.21. The molecule has 0 atom stereocenters. The van der Waals surface area contributed by atoms with Gasteiger partial charge < -0.3 is 0 Å². The van der Waals surface area contributed by atoms with Gasteiger partial charge in [-0.2, -0.15) is 5.10 Å². The summed E-state index contributed by atoms with van der Waals surface area (Å²) in [5, 5.41) is 5.04. The van der Waals surface area contributed by atoms with Gasteiger partial charge in [0, 0.05) is 11.8 Å². The predicted molar refractivity (Wildman–Crippen MR) is 97.6 cm³/mol.